The first-order chi connectivity index (χ1) is 4.31. The van der Waals surface area contributed by atoms with Crippen LogP contribution >= 0.6 is 0 Å². The van der Waals surface area contributed by atoms with Gasteiger partial charge in [0.1, 0.15) is 10.5 Å². The molecule has 0 aliphatic carbocycles. The molecule has 0 saturated carbocycles. The van der Waals surface area contributed by atoms with Gasteiger partial charge >= 0.3 is 16.1 Å². The van der Waals surface area contributed by atoms with E-state index in [1.54, 1.807) is 0 Å². The van der Waals surface area contributed by atoms with Gasteiger partial charge in [-0.15, -0.1) is 0 Å². The monoisotopic (exact) mass is 163 g/mol. The molecule has 9 heavy (non-hydrogen) atoms. The Labute approximate surface area is 58.8 Å². The first-order valence-electron chi connectivity index (χ1n) is 2.34. The number of nitrogens with one attached hydrogen (secondary N) is 1. The molecule has 0 bridgehead atoms. The summed E-state index contributed by atoms with van der Waals surface area (Å²) in [4.78, 5) is 10.4. The highest BCUT2D eigenvalue weighted by atomic mass is 28.3. The van der Waals surface area contributed by atoms with E-state index < -0.39 is 16.1 Å². The normalized spacial score (nSPS) is 9.78. The Morgan fingerprint density at radius 3 is 3.00 bits per heavy atom. The molecule has 4 nitrogen and oxygen atoms in total. The maximum Gasteiger partial charge on any atom is 0.398 e. The number of carbonyl (C=O) groups is 1. The first-order valence-corrected chi connectivity index (χ1v) is 4.31. The number of amides is 1. The lowest BCUT2D eigenvalue weighted by Gasteiger charge is -2.00. The summed E-state index contributed by atoms with van der Waals surface area (Å²) in [5, 5.41) is 2.25. The quantitative estimate of drug-likeness (QED) is 0.497. The third kappa shape index (κ3) is 5.27. The van der Waals surface area contributed by atoms with Crippen molar-refractivity contribution in [3.8, 4) is 0 Å². The Morgan fingerprint density at radius 2 is 2.56 bits per heavy atom. The van der Waals surface area contributed by atoms with Crippen LogP contribution < -0.4 is 5.32 Å². The van der Waals surface area contributed by atoms with Crippen LogP contribution in [0.25, 0.3) is 0 Å². The standard InChI is InChI=1S/C3H9NO3Si2/c1-2-4-3(5)6-9-7-8/h2H,1,9H2,8H3,(H,4,5). The summed E-state index contributed by atoms with van der Waals surface area (Å²) in [6.45, 7) is 3.28. The Hall–Kier alpha value is -0.596. The van der Waals surface area contributed by atoms with Crippen LogP contribution in [0.3, 0.4) is 0 Å². The van der Waals surface area contributed by atoms with Crippen molar-refractivity contribution in [1.82, 2.24) is 5.32 Å². The molecule has 0 aliphatic rings. The summed E-state index contributed by atoms with van der Waals surface area (Å²) in [7, 11) is -0.415. The van der Waals surface area contributed by atoms with Crippen LogP contribution in [0.2, 0.25) is 0 Å². The summed E-state index contributed by atoms with van der Waals surface area (Å²) in [5.41, 5.74) is 0. The lowest BCUT2D eigenvalue weighted by atomic mass is 11.0. The topological polar surface area (TPSA) is 47.6 Å². The predicted octanol–water partition coefficient (Wildman–Crippen LogP) is -1.85. The zero-order valence-corrected chi connectivity index (χ0v) is 8.63. The second-order valence-electron chi connectivity index (χ2n) is 1.19. The van der Waals surface area contributed by atoms with Gasteiger partial charge < -0.3 is 8.54 Å². The van der Waals surface area contributed by atoms with Crippen molar-refractivity contribution in [3.05, 3.63) is 12.8 Å². The molecule has 0 aromatic heterocycles. The lowest BCUT2D eigenvalue weighted by molar-refractivity contribution is 0.201. The number of hydrogen-bond acceptors (Lipinski definition) is 3. The first kappa shape index (κ1) is 8.40. The van der Waals surface area contributed by atoms with Gasteiger partial charge in [0.2, 0.25) is 0 Å². The Balaban J connectivity index is 3.16. The van der Waals surface area contributed by atoms with Gasteiger partial charge in [-0.25, -0.2) is 4.79 Å². The SMILES string of the molecule is C=CNC(=O)O[SiH2]O[SiH3]. The zero-order valence-electron chi connectivity index (χ0n) is 5.22. The molecule has 6 heteroatoms. The molecule has 0 atom stereocenters. The van der Waals surface area contributed by atoms with E-state index in [0.29, 0.717) is 10.5 Å². The van der Waals surface area contributed by atoms with Gasteiger partial charge in [0.25, 0.3) is 0 Å². The van der Waals surface area contributed by atoms with Crippen LogP contribution in [0.15, 0.2) is 12.8 Å². The van der Waals surface area contributed by atoms with Crippen molar-refractivity contribution < 1.29 is 13.3 Å². The molecule has 0 aromatic carbocycles. The third-order valence-electron chi connectivity index (χ3n) is 0.528. The number of hydrogen-bond donors (Lipinski definition) is 1. The fraction of sp³-hybridized carbons (Fsp3) is 0. The van der Waals surface area contributed by atoms with Gasteiger partial charge in [0, 0.05) is 0 Å². The van der Waals surface area contributed by atoms with E-state index in [2.05, 4.69) is 16.3 Å². The molecule has 52 valence electrons. The van der Waals surface area contributed by atoms with Crippen molar-refractivity contribution in [2.24, 2.45) is 0 Å². The molecule has 0 fully saturated rings. The molecule has 0 heterocycles. The lowest BCUT2D eigenvalue weighted by Crippen LogP contribution is -2.20. The molecule has 0 saturated heterocycles. The molecule has 0 aliphatic heterocycles. The molecule has 0 rings (SSSR count). The van der Waals surface area contributed by atoms with Crippen LogP contribution in [-0.2, 0) is 8.54 Å². The van der Waals surface area contributed by atoms with Crippen LogP contribution in [0.1, 0.15) is 0 Å². The second-order valence-corrected chi connectivity index (χ2v) is 4.02. The fourth-order valence-electron chi connectivity index (χ4n) is 0.237. The molecule has 0 unspecified atom stereocenters. The van der Waals surface area contributed by atoms with E-state index in [-0.39, 0.29) is 0 Å². The minimum Gasteiger partial charge on any atom is -0.484 e. The molecule has 1 amide bonds. The molecule has 1 N–H and O–H groups in total. The molecular formula is C3H9NO3Si2. The van der Waals surface area contributed by atoms with Gasteiger partial charge in [0.15, 0.2) is 0 Å². The predicted molar refractivity (Wildman–Crippen MR) is 39.4 cm³/mol. The minimum absolute atomic E-state index is 0.479. The highest BCUT2D eigenvalue weighted by Gasteiger charge is 1.94. The van der Waals surface area contributed by atoms with Crippen LogP contribution in [0.5, 0.6) is 0 Å². The molecule has 0 radical (unpaired) electrons. The summed E-state index contributed by atoms with van der Waals surface area (Å²) in [5.74, 6) is 0. The van der Waals surface area contributed by atoms with Gasteiger partial charge in [-0.2, -0.15) is 0 Å². The van der Waals surface area contributed by atoms with Crippen LogP contribution in [0.4, 0.5) is 4.79 Å². The highest BCUT2D eigenvalue weighted by molar-refractivity contribution is 6.30. The zero-order chi connectivity index (χ0) is 7.11. The average Bonchev–Trinajstić information content (AvgIpc) is 1.85. The van der Waals surface area contributed by atoms with Gasteiger partial charge in [-0.1, -0.05) is 6.58 Å². The Morgan fingerprint density at radius 1 is 1.89 bits per heavy atom. The van der Waals surface area contributed by atoms with Crippen molar-refractivity contribution in [2.45, 2.75) is 0 Å². The molecule has 0 spiro atoms. The van der Waals surface area contributed by atoms with E-state index in [9.17, 15) is 4.79 Å². The smallest absolute Gasteiger partial charge is 0.398 e. The second kappa shape index (κ2) is 5.54. The third-order valence-corrected chi connectivity index (χ3v) is 1.85. The highest BCUT2D eigenvalue weighted by Crippen LogP contribution is 1.72. The maximum atomic E-state index is 10.4. The van der Waals surface area contributed by atoms with E-state index in [0.717, 1.165) is 0 Å². The molecule has 0 aromatic rings. The largest absolute Gasteiger partial charge is 0.484 e. The number of carbonyl (C=O) groups excluding carboxylic acids is 1. The Bertz CT molecular complexity index is 107. The van der Waals surface area contributed by atoms with Crippen LogP contribution in [0, 0.1) is 0 Å². The van der Waals surface area contributed by atoms with Crippen molar-refractivity contribution >= 4 is 26.6 Å². The van der Waals surface area contributed by atoms with Gasteiger partial charge in [0.05, 0.1) is 0 Å². The fourth-order valence-corrected chi connectivity index (χ4v) is 0.899. The summed E-state index contributed by atoms with van der Waals surface area (Å²) in [6.07, 6.45) is 0.789. The van der Waals surface area contributed by atoms with E-state index in [1.807, 2.05) is 0 Å². The minimum atomic E-state index is -1.04. The summed E-state index contributed by atoms with van der Waals surface area (Å²) < 4.78 is 9.28. The van der Waals surface area contributed by atoms with Crippen molar-refractivity contribution in [3.63, 3.8) is 0 Å². The van der Waals surface area contributed by atoms with Crippen molar-refractivity contribution in [2.75, 3.05) is 0 Å². The maximum absolute atomic E-state index is 10.4. The number of rotatable bonds is 3. The van der Waals surface area contributed by atoms with Gasteiger partial charge in [-0.05, 0) is 6.20 Å². The van der Waals surface area contributed by atoms with E-state index in [1.165, 1.54) is 6.20 Å². The van der Waals surface area contributed by atoms with E-state index in [4.69, 9.17) is 4.12 Å². The summed E-state index contributed by atoms with van der Waals surface area (Å²) in [6, 6.07) is 0. The van der Waals surface area contributed by atoms with Gasteiger partial charge in [-0.3, -0.25) is 5.32 Å². The molecular weight excluding hydrogens is 154 g/mol. The Kier molecular flexibility index (Phi) is 5.17. The van der Waals surface area contributed by atoms with Crippen LogP contribution in [-0.4, -0.2) is 26.6 Å². The summed E-state index contributed by atoms with van der Waals surface area (Å²) >= 11 is 0. The average molecular weight is 163 g/mol. The van der Waals surface area contributed by atoms with Crippen molar-refractivity contribution in [1.29, 1.82) is 0 Å². The van der Waals surface area contributed by atoms with E-state index >= 15 is 0 Å².